The van der Waals surface area contributed by atoms with Crippen molar-refractivity contribution in [2.75, 3.05) is 119 Å². The molecule has 0 heterocycles. The van der Waals surface area contributed by atoms with Gasteiger partial charge in [-0.2, -0.15) is 0 Å². The van der Waals surface area contributed by atoms with Crippen LogP contribution in [0.2, 0.25) is 0 Å². The summed E-state index contributed by atoms with van der Waals surface area (Å²) >= 11 is 0. The van der Waals surface area contributed by atoms with Crippen molar-refractivity contribution >= 4 is 35.8 Å². The second-order valence-corrected chi connectivity index (χ2v) is 14.5. The van der Waals surface area contributed by atoms with E-state index in [1.807, 2.05) is 0 Å². The zero-order valence-corrected chi connectivity index (χ0v) is 35.4. The van der Waals surface area contributed by atoms with Crippen LogP contribution in [0.3, 0.4) is 0 Å². The summed E-state index contributed by atoms with van der Waals surface area (Å²) in [5.74, 6) is -1.39. The Kier molecular flexibility index (Phi) is 31.8. The first-order chi connectivity index (χ1) is 27.5. The van der Waals surface area contributed by atoms with Gasteiger partial charge in [-0.15, -0.1) is 0 Å². The molecule has 338 valence electrons. The highest BCUT2D eigenvalue weighted by molar-refractivity contribution is 5.83. The van der Waals surface area contributed by atoms with Gasteiger partial charge < -0.3 is 75.5 Å². The molecule has 0 rings (SSSR count). The van der Waals surface area contributed by atoms with Crippen LogP contribution in [0.5, 0.6) is 0 Å². The van der Waals surface area contributed by atoms with E-state index < -0.39 is 35.3 Å². The van der Waals surface area contributed by atoms with Gasteiger partial charge in [0.2, 0.25) is 23.6 Å². The first kappa shape index (κ1) is 54.1. The van der Waals surface area contributed by atoms with Crippen molar-refractivity contribution in [3.63, 3.8) is 0 Å². The topological polar surface area (TPSA) is 274 Å². The van der Waals surface area contributed by atoms with Crippen LogP contribution in [0.4, 0.5) is 9.59 Å². The zero-order chi connectivity index (χ0) is 43.5. The third-order valence-electron chi connectivity index (χ3n) is 6.84. The molecule has 0 saturated carbocycles. The third-order valence-corrected chi connectivity index (χ3v) is 6.84. The van der Waals surface area contributed by atoms with Crippen molar-refractivity contribution in [1.82, 2.24) is 31.9 Å². The highest BCUT2D eigenvalue weighted by Crippen LogP contribution is 2.07. The largest absolute Gasteiger partial charge is 0.444 e. The maximum Gasteiger partial charge on any atom is 0.407 e. The number of ether oxygens (including phenoxy) is 8. The maximum atomic E-state index is 12.7. The van der Waals surface area contributed by atoms with Crippen molar-refractivity contribution in [2.45, 2.75) is 84.5 Å². The van der Waals surface area contributed by atoms with Gasteiger partial charge in [-0.05, 0) is 48.0 Å². The lowest BCUT2D eigenvalue weighted by molar-refractivity contribution is -0.125. The van der Waals surface area contributed by atoms with Crippen LogP contribution in [-0.2, 0) is 57.1 Å². The molecule has 6 amide bonds. The molecular formula is C37H71N7O14. The number of nitrogens with one attached hydrogen (secondary N) is 6. The van der Waals surface area contributed by atoms with Crippen molar-refractivity contribution in [2.24, 2.45) is 5.73 Å². The average molecular weight is 838 g/mol. The van der Waals surface area contributed by atoms with Crippen LogP contribution in [0, 0.1) is 0 Å². The average Bonchev–Trinajstić information content (AvgIpc) is 3.12. The van der Waals surface area contributed by atoms with Crippen molar-refractivity contribution in [3.05, 3.63) is 0 Å². The zero-order valence-electron chi connectivity index (χ0n) is 35.4. The van der Waals surface area contributed by atoms with E-state index in [4.69, 9.17) is 43.6 Å². The van der Waals surface area contributed by atoms with Gasteiger partial charge in [0, 0.05) is 58.5 Å². The Bertz CT molecular complexity index is 1150. The standard InChI is InChI=1S/C37H71N7O14/c1-36(2,3)57-34(49)43-15-19-53-23-27-55-25-21-51-17-9-31(46)40-12-11-39-29(7-8-30(38)45)33(48)42-14-13-41-32(47)10-18-52-22-26-56-28-24-54-20-16-44-35(50)58-37(4,5)6/h29,39H,7-28H2,1-6H3,(H2,38,45)(H,40,46)(H,41,47)(H,42,48)(H,43,49)(H,44,50)/t29-/m0/s1. The van der Waals surface area contributed by atoms with Gasteiger partial charge in [0.1, 0.15) is 11.2 Å². The van der Waals surface area contributed by atoms with E-state index in [0.717, 1.165) is 0 Å². The molecule has 0 radical (unpaired) electrons. The number of rotatable bonds is 35. The summed E-state index contributed by atoms with van der Waals surface area (Å²) in [6, 6.07) is -0.730. The van der Waals surface area contributed by atoms with Gasteiger partial charge in [-0.3, -0.25) is 19.2 Å². The van der Waals surface area contributed by atoms with Crippen LogP contribution in [0.25, 0.3) is 0 Å². The molecule has 1 atom stereocenters. The number of amides is 6. The number of carbonyl (C=O) groups excluding carboxylic acids is 6. The number of nitrogens with two attached hydrogens (primary N) is 1. The molecule has 0 aliphatic rings. The number of hydrogen-bond donors (Lipinski definition) is 7. The van der Waals surface area contributed by atoms with Crippen LogP contribution in [0.1, 0.15) is 67.2 Å². The van der Waals surface area contributed by atoms with Crippen LogP contribution in [0.15, 0.2) is 0 Å². The summed E-state index contributed by atoms with van der Waals surface area (Å²) in [4.78, 5) is 71.4. The number of alkyl carbamates (subject to hydrolysis) is 2. The van der Waals surface area contributed by atoms with E-state index in [1.54, 1.807) is 41.5 Å². The van der Waals surface area contributed by atoms with E-state index in [0.29, 0.717) is 79.2 Å². The van der Waals surface area contributed by atoms with E-state index >= 15 is 0 Å². The number of hydrogen-bond acceptors (Lipinski definition) is 15. The maximum absolute atomic E-state index is 12.7. The molecule has 0 aromatic carbocycles. The summed E-state index contributed by atoms with van der Waals surface area (Å²) in [6.45, 7) is 16.0. The molecule has 0 saturated heterocycles. The number of primary amides is 1. The van der Waals surface area contributed by atoms with Gasteiger partial charge in [0.25, 0.3) is 0 Å². The van der Waals surface area contributed by atoms with E-state index in [9.17, 15) is 28.8 Å². The minimum Gasteiger partial charge on any atom is -0.444 e. The van der Waals surface area contributed by atoms with E-state index in [1.165, 1.54) is 0 Å². The van der Waals surface area contributed by atoms with Crippen molar-refractivity contribution in [1.29, 1.82) is 0 Å². The van der Waals surface area contributed by atoms with Crippen LogP contribution < -0.4 is 37.6 Å². The molecule has 21 heteroatoms. The minimum absolute atomic E-state index is 0.0104. The highest BCUT2D eigenvalue weighted by atomic mass is 16.6. The SMILES string of the molecule is CC(C)(C)OC(=O)NCCOCCOCCOCCC(=O)NCCNC(=O)[C@H](CCC(N)=O)NCCNC(=O)CCOCCOCCOCCNC(=O)OC(C)(C)C. The Hall–Kier alpha value is -3.86. The molecule has 0 aliphatic heterocycles. The van der Waals surface area contributed by atoms with Gasteiger partial charge in [0.05, 0.1) is 85.3 Å². The fourth-order valence-electron chi connectivity index (χ4n) is 4.24. The quantitative estimate of drug-likeness (QED) is 0.0396. The van der Waals surface area contributed by atoms with Crippen molar-refractivity contribution < 1.29 is 66.7 Å². The Morgan fingerprint density at radius 2 is 0.810 bits per heavy atom. The molecule has 0 bridgehead atoms. The smallest absolute Gasteiger partial charge is 0.407 e. The second-order valence-electron chi connectivity index (χ2n) is 14.5. The fraction of sp³-hybridized carbons (Fsp3) is 0.838. The molecule has 0 aromatic rings. The monoisotopic (exact) mass is 838 g/mol. The predicted octanol–water partition coefficient (Wildman–Crippen LogP) is -0.512. The molecule has 8 N–H and O–H groups in total. The molecule has 0 spiro atoms. The molecular weight excluding hydrogens is 766 g/mol. The Balaban J connectivity index is 3.88. The molecule has 0 aromatic heterocycles. The van der Waals surface area contributed by atoms with Gasteiger partial charge in [-0.25, -0.2) is 9.59 Å². The third kappa shape index (κ3) is 39.0. The first-order valence-corrected chi connectivity index (χ1v) is 19.7. The summed E-state index contributed by atoms with van der Waals surface area (Å²) in [5.41, 5.74) is 4.16. The fourth-order valence-corrected chi connectivity index (χ4v) is 4.24. The van der Waals surface area contributed by atoms with Gasteiger partial charge >= 0.3 is 12.2 Å². The van der Waals surface area contributed by atoms with Gasteiger partial charge in [-0.1, -0.05) is 0 Å². The Morgan fingerprint density at radius 3 is 1.21 bits per heavy atom. The van der Waals surface area contributed by atoms with Crippen molar-refractivity contribution in [3.8, 4) is 0 Å². The Morgan fingerprint density at radius 1 is 0.448 bits per heavy atom. The van der Waals surface area contributed by atoms with E-state index in [2.05, 4.69) is 31.9 Å². The van der Waals surface area contributed by atoms with Gasteiger partial charge in [0.15, 0.2) is 0 Å². The molecule has 0 unspecified atom stereocenters. The predicted molar refractivity (Wildman–Crippen MR) is 212 cm³/mol. The molecule has 0 fully saturated rings. The molecule has 21 nitrogen and oxygen atoms in total. The molecule has 0 aliphatic carbocycles. The van der Waals surface area contributed by atoms with E-state index in [-0.39, 0.29) is 82.8 Å². The lowest BCUT2D eigenvalue weighted by atomic mass is 10.1. The lowest BCUT2D eigenvalue weighted by Gasteiger charge is -2.19. The number of carbonyl (C=O) groups is 6. The summed E-state index contributed by atoms with van der Waals surface area (Å²) in [7, 11) is 0. The Labute approximate surface area is 342 Å². The second kappa shape index (κ2) is 34.0. The van der Waals surface area contributed by atoms with Crippen LogP contribution in [-0.4, -0.2) is 172 Å². The first-order valence-electron chi connectivity index (χ1n) is 19.7. The normalized spacial score (nSPS) is 12.0. The summed E-state index contributed by atoms with van der Waals surface area (Å²) in [6.07, 6.45) is -0.571. The van der Waals surface area contributed by atoms with Crippen LogP contribution >= 0.6 is 0 Å². The summed E-state index contributed by atoms with van der Waals surface area (Å²) in [5, 5.41) is 16.4. The highest BCUT2D eigenvalue weighted by Gasteiger charge is 2.19. The lowest BCUT2D eigenvalue weighted by Crippen LogP contribution is -2.48. The molecule has 58 heavy (non-hydrogen) atoms. The minimum atomic E-state index is -0.730. The summed E-state index contributed by atoms with van der Waals surface area (Å²) < 4.78 is 42.7.